The van der Waals surface area contributed by atoms with Crippen LogP contribution >= 0.6 is 0 Å². The third kappa shape index (κ3) is 5.58. The van der Waals surface area contributed by atoms with Crippen molar-refractivity contribution in [2.24, 2.45) is 0 Å². The lowest BCUT2D eigenvalue weighted by atomic mass is 10.1. The highest BCUT2D eigenvalue weighted by Gasteiger charge is 2.24. The summed E-state index contributed by atoms with van der Waals surface area (Å²) in [5.74, 6) is -0.966. The normalized spacial score (nSPS) is 14.3. The second-order valence-corrected chi connectivity index (χ2v) is 9.39. The Labute approximate surface area is 189 Å². The van der Waals surface area contributed by atoms with Crippen LogP contribution in [0.15, 0.2) is 47.4 Å². The maximum atomic E-state index is 14.1. The first kappa shape index (κ1) is 24.0. The first-order chi connectivity index (χ1) is 15.4. The Morgan fingerprint density at radius 2 is 1.88 bits per heavy atom. The molecule has 1 aliphatic heterocycles. The van der Waals surface area contributed by atoms with Crippen LogP contribution in [0, 0.1) is 5.82 Å². The number of anilines is 2. The minimum absolute atomic E-state index is 0.138. The Morgan fingerprint density at radius 1 is 1.16 bits per heavy atom. The van der Waals surface area contributed by atoms with Gasteiger partial charge in [-0.3, -0.25) is 9.52 Å². The number of nitrogens with zero attached hydrogens (tertiary/aromatic N) is 2. The maximum Gasteiger partial charge on any atom is 0.264 e. The average molecular weight is 463 g/mol. The minimum atomic E-state index is -4.14. The largest absolute Gasteiger partial charge is 0.368 e. The summed E-state index contributed by atoms with van der Waals surface area (Å²) in [6.07, 6.45) is 1.86. The fourth-order valence-corrected chi connectivity index (χ4v) is 4.88. The van der Waals surface area contributed by atoms with Crippen molar-refractivity contribution in [1.82, 2.24) is 10.2 Å². The van der Waals surface area contributed by atoms with E-state index in [0.29, 0.717) is 18.7 Å². The van der Waals surface area contributed by atoms with Gasteiger partial charge in [0.2, 0.25) is 0 Å². The van der Waals surface area contributed by atoms with Crippen molar-refractivity contribution in [3.05, 3.63) is 53.8 Å². The number of benzene rings is 2. The number of halogens is 1. The number of hydrogen-bond donors (Lipinski definition) is 2. The number of carbonyl (C=O) groups is 1. The van der Waals surface area contributed by atoms with E-state index in [1.54, 1.807) is 23.1 Å². The number of sulfonamides is 1. The summed E-state index contributed by atoms with van der Waals surface area (Å²) in [5, 5.41) is 3.30. The van der Waals surface area contributed by atoms with Crippen LogP contribution in [0.25, 0.3) is 0 Å². The smallest absolute Gasteiger partial charge is 0.264 e. The highest BCUT2D eigenvalue weighted by Crippen LogP contribution is 2.28. The van der Waals surface area contributed by atoms with Gasteiger partial charge in [0.25, 0.3) is 15.9 Å². The first-order valence-electron chi connectivity index (χ1n) is 11.0. The number of rotatable bonds is 9. The van der Waals surface area contributed by atoms with E-state index in [1.165, 1.54) is 18.2 Å². The van der Waals surface area contributed by atoms with Crippen molar-refractivity contribution in [2.75, 3.05) is 48.9 Å². The molecule has 1 heterocycles. The Morgan fingerprint density at radius 3 is 2.53 bits per heavy atom. The number of amides is 1. The number of piperazine rings is 1. The summed E-state index contributed by atoms with van der Waals surface area (Å²) in [7, 11) is -4.14. The molecule has 0 unspecified atom stereocenters. The van der Waals surface area contributed by atoms with E-state index in [2.05, 4.69) is 21.9 Å². The predicted molar refractivity (Wildman–Crippen MR) is 125 cm³/mol. The molecule has 7 nitrogen and oxygen atoms in total. The number of nitrogens with one attached hydrogen (secondary N) is 2. The van der Waals surface area contributed by atoms with Crippen molar-refractivity contribution < 1.29 is 17.6 Å². The quantitative estimate of drug-likeness (QED) is 0.598. The second kappa shape index (κ2) is 10.8. The van der Waals surface area contributed by atoms with Crippen molar-refractivity contribution in [3.8, 4) is 0 Å². The number of hydrogen-bond acceptors (Lipinski definition) is 5. The third-order valence-corrected chi connectivity index (χ3v) is 6.93. The molecule has 2 aromatic carbocycles. The van der Waals surface area contributed by atoms with Gasteiger partial charge in [-0.25, -0.2) is 12.8 Å². The molecular formula is C23H31FN4O3S. The molecule has 0 bridgehead atoms. The molecule has 1 saturated heterocycles. The van der Waals surface area contributed by atoms with Gasteiger partial charge >= 0.3 is 0 Å². The first-order valence-corrected chi connectivity index (χ1v) is 12.5. The molecule has 1 amide bonds. The summed E-state index contributed by atoms with van der Waals surface area (Å²) < 4.78 is 42.0. The van der Waals surface area contributed by atoms with Gasteiger partial charge in [-0.1, -0.05) is 25.5 Å². The van der Waals surface area contributed by atoms with E-state index >= 15 is 0 Å². The standard InChI is InChI=1S/C23H31FN4O3S/c1-3-5-14-27(4-2)23(29)19-17-18(10-11-21(19)28-15-12-25-13-16-28)26-32(30,31)22-9-7-6-8-20(22)24/h6-11,17,25-26H,3-5,12-16H2,1-2H3. The molecule has 2 N–H and O–H groups in total. The van der Waals surface area contributed by atoms with Gasteiger partial charge in [-0.2, -0.15) is 0 Å². The molecule has 0 aliphatic carbocycles. The zero-order chi connectivity index (χ0) is 23.1. The summed E-state index contributed by atoms with van der Waals surface area (Å²) in [5.41, 5.74) is 1.45. The fourth-order valence-electron chi connectivity index (χ4n) is 3.75. The molecule has 32 heavy (non-hydrogen) atoms. The van der Waals surface area contributed by atoms with Gasteiger partial charge in [0.1, 0.15) is 10.7 Å². The third-order valence-electron chi connectivity index (χ3n) is 5.51. The highest BCUT2D eigenvalue weighted by atomic mass is 32.2. The lowest BCUT2D eigenvalue weighted by molar-refractivity contribution is 0.0763. The summed E-state index contributed by atoms with van der Waals surface area (Å²) in [6, 6.07) is 10.2. The SMILES string of the molecule is CCCCN(CC)C(=O)c1cc(NS(=O)(=O)c2ccccc2F)ccc1N1CCNCC1. The summed E-state index contributed by atoms with van der Waals surface area (Å²) in [4.78, 5) is 16.9. The maximum absolute atomic E-state index is 14.1. The van der Waals surface area contributed by atoms with Crippen LogP contribution in [0.1, 0.15) is 37.0 Å². The lowest BCUT2D eigenvalue weighted by Crippen LogP contribution is -2.44. The molecule has 0 saturated carbocycles. The minimum Gasteiger partial charge on any atom is -0.368 e. The van der Waals surface area contributed by atoms with E-state index in [9.17, 15) is 17.6 Å². The zero-order valence-electron chi connectivity index (χ0n) is 18.6. The zero-order valence-corrected chi connectivity index (χ0v) is 19.4. The Hall–Kier alpha value is -2.65. The molecule has 9 heteroatoms. The lowest BCUT2D eigenvalue weighted by Gasteiger charge is -2.32. The van der Waals surface area contributed by atoms with E-state index in [0.717, 1.165) is 50.8 Å². The summed E-state index contributed by atoms with van der Waals surface area (Å²) in [6.45, 7) is 8.32. The van der Waals surface area contributed by atoms with Crippen LogP contribution in [0.2, 0.25) is 0 Å². The average Bonchev–Trinajstić information content (AvgIpc) is 2.80. The molecule has 1 fully saturated rings. The van der Waals surface area contributed by atoms with Crippen LogP contribution in [-0.2, 0) is 10.0 Å². The molecule has 1 aliphatic rings. The van der Waals surface area contributed by atoms with Crippen LogP contribution in [0.5, 0.6) is 0 Å². The number of carbonyl (C=O) groups excluding carboxylic acids is 1. The van der Waals surface area contributed by atoms with Gasteiger partial charge in [-0.15, -0.1) is 0 Å². The van der Waals surface area contributed by atoms with Gasteiger partial charge in [0.15, 0.2) is 0 Å². The molecule has 2 aromatic rings. The van der Waals surface area contributed by atoms with E-state index in [4.69, 9.17) is 0 Å². The Kier molecular flexibility index (Phi) is 8.09. The molecule has 174 valence electrons. The number of unbranched alkanes of at least 4 members (excludes halogenated alkanes) is 1. The van der Waals surface area contributed by atoms with Crippen molar-refractivity contribution in [3.63, 3.8) is 0 Å². The molecular weight excluding hydrogens is 431 g/mol. The van der Waals surface area contributed by atoms with Crippen LogP contribution < -0.4 is 14.9 Å². The van der Waals surface area contributed by atoms with Gasteiger partial charge < -0.3 is 15.1 Å². The molecule has 3 rings (SSSR count). The Bertz CT molecular complexity index is 1040. The molecule has 0 aromatic heterocycles. The fraction of sp³-hybridized carbons (Fsp3) is 0.435. The Balaban J connectivity index is 1.97. The second-order valence-electron chi connectivity index (χ2n) is 7.74. The monoisotopic (exact) mass is 462 g/mol. The van der Waals surface area contributed by atoms with Crippen LogP contribution in [0.3, 0.4) is 0 Å². The van der Waals surface area contributed by atoms with E-state index < -0.39 is 20.7 Å². The predicted octanol–water partition coefficient (Wildman–Crippen LogP) is 3.30. The van der Waals surface area contributed by atoms with E-state index in [1.807, 2.05) is 6.92 Å². The van der Waals surface area contributed by atoms with Crippen LogP contribution in [0.4, 0.5) is 15.8 Å². The van der Waals surface area contributed by atoms with Gasteiger partial charge in [-0.05, 0) is 43.7 Å². The molecule has 0 spiro atoms. The van der Waals surface area contributed by atoms with Gasteiger partial charge in [0, 0.05) is 50.6 Å². The van der Waals surface area contributed by atoms with E-state index in [-0.39, 0.29) is 11.6 Å². The van der Waals surface area contributed by atoms with Crippen LogP contribution in [-0.4, -0.2) is 58.5 Å². The van der Waals surface area contributed by atoms with Crippen molar-refractivity contribution in [2.45, 2.75) is 31.6 Å². The molecule has 0 atom stereocenters. The van der Waals surface area contributed by atoms with Gasteiger partial charge in [0.05, 0.1) is 5.56 Å². The van der Waals surface area contributed by atoms with Crippen molar-refractivity contribution >= 4 is 27.3 Å². The van der Waals surface area contributed by atoms with Crippen molar-refractivity contribution in [1.29, 1.82) is 0 Å². The highest BCUT2D eigenvalue weighted by molar-refractivity contribution is 7.92. The summed E-state index contributed by atoms with van der Waals surface area (Å²) >= 11 is 0. The topological polar surface area (TPSA) is 81.8 Å². The molecule has 0 radical (unpaired) electrons.